The van der Waals surface area contributed by atoms with Gasteiger partial charge in [0.2, 0.25) is 0 Å². The molecule has 160 valence electrons. The number of carbonyl (C=O) groups is 2. The van der Waals surface area contributed by atoms with Crippen LogP contribution in [0.5, 0.6) is 5.75 Å². The molecule has 0 aromatic heterocycles. The Kier molecular flexibility index (Phi) is 7.78. The highest BCUT2D eigenvalue weighted by molar-refractivity contribution is 9.10. The molecule has 0 bridgehead atoms. The molecule has 0 aliphatic heterocycles. The fraction of sp³-hybridized carbons (Fsp3) is 0.391. The molecule has 1 amide bonds. The highest BCUT2D eigenvalue weighted by atomic mass is 79.9. The van der Waals surface area contributed by atoms with Crippen molar-refractivity contribution in [1.82, 2.24) is 0 Å². The summed E-state index contributed by atoms with van der Waals surface area (Å²) in [7, 11) is 0. The molecule has 7 heteroatoms. The molecule has 30 heavy (non-hydrogen) atoms. The molecule has 0 unspecified atom stereocenters. The van der Waals surface area contributed by atoms with Gasteiger partial charge >= 0.3 is 5.97 Å². The first kappa shape index (κ1) is 22.6. The number of ether oxygens (including phenoxy) is 2. The van der Waals surface area contributed by atoms with E-state index in [9.17, 15) is 9.59 Å². The highest BCUT2D eigenvalue weighted by Gasteiger charge is 2.19. The summed E-state index contributed by atoms with van der Waals surface area (Å²) in [5.74, 6) is -0.0588. The molecule has 2 aromatic carbocycles. The summed E-state index contributed by atoms with van der Waals surface area (Å²) in [4.78, 5) is 24.5. The lowest BCUT2D eigenvalue weighted by atomic mass is 9.98. The maximum absolute atomic E-state index is 12.3. The molecular formula is C23H25BrClNO4. The number of rotatable bonds is 6. The summed E-state index contributed by atoms with van der Waals surface area (Å²) in [6.07, 6.45) is 5.31. The Bertz CT molecular complexity index is 924. The smallest absolute Gasteiger partial charge is 0.338 e. The second-order valence-corrected chi connectivity index (χ2v) is 8.70. The van der Waals surface area contributed by atoms with E-state index in [0.717, 1.165) is 41.3 Å². The van der Waals surface area contributed by atoms with Gasteiger partial charge in [0.25, 0.3) is 5.91 Å². The lowest BCUT2D eigenvalue weighted by Gasteiger charge is -2.21. The first-order valence-corrected chi connectivity index (χ1v) is 11.2. The minimum absolute atomic E-state index is 0.0160. The summed E-state index contributed by atoms with van der Waals surface area (Å²) < 4.78 is 11.9. The molecule has 2 aromatic rings. The van der Waals surface area contributed by atoms with Crippen molar-refractivity contribution in [2.45, 2.75) is 52.1 Å². The summed E-state index contributed by atoms with van der Waals surface area (Å²) in [5.41, 5.74) is 2.80. The lowest BCUT2D eigenvalue weighted by molar-refractivity contribution is -0.118. The van der Waals surface area contributed by atoms with Crippen molar-refractivity contribution in [3.05, 3.63) is 56.5 Å². The van der Waals surface area contributed by atoms with Gasteiger partial charge in [-0.3, -0.25) is 4.79 Å². The SMILES string of the molecule is Cc1cc(OCC(=O)Nc2ccc(C(=O)OC3CCCCC3)cc2)c(Br)c(C)c1Cl. The molecule has 1 aliphatic carbocycles. The van der Waals surface area contributed by atoms with Crippen molar-refractivity contribution >= 4 is 45.1 Å². The molecule has 1 N–H and O–H groups in total. The third kappa shape index (κ3) is 5.76. The number of anilines is 1. The zero-order valence-corrected chi connectivity index (χ0v) is 19.4. The van der Waals surface area contributed by atoms with Crippen molar-refractivity contribution in [3.8, 4) is 5.75 Å². The van der Waals surface area contributed by atoms with Crippen LogP contribution >= 0.6 is 27.5 Å². The van der Waals surface area contributed by atoms with Crippen molar-refractivity contribution in [1.29, 1.82) is 0 Å². The van der Waals surface area contributed by atoms with Crippen LogP contribution < -0.4 is 10.1 Å². The molecule has 0 radical (unpaired) electrons. The van der Waals surface area contributed by atoms with E-state index in [1.165, 1.54) is 6.42 Å². The van der Waals surface area contributed by atoms with E-state index in [2.05, 4.69) is 21.2 Å². The van der Waals surface area contributed by atoms with Gasteiger partial charge in [0.1, 0.15) is 11.9 Å². The van der Waals surface area contributed by atoms with E-state index in [-0.39, 0.29) is 24.6 Å². The van der Waals surface area contributed by atoms with Crippen LogP contribution in [0.2, 0.25) is 5.02 Å². The normalized spacial score (nSPS) is 14.3. The number of halogens is 2. The third-order valence-corrected chi connectivity index (χ3v) is 6.72. The predicted molar refractivity (Wildman–Crippen MR) is 121 cm³/mol. The molecule has 0 spiro atoms. The van der Waals surface area contributed by atoms with E-state index in [1.54, 1.807) is 30.3 Å². The maximum Gasteiger partial charge on any atom is 0.338 e. The van der Waals surface area contributed by atoms with Gasteiger partial charge in [0.15, 0.2) is 6.61 Å². The number of hydrogen-bond acceptors (Lipinski definition) is 4. The molecule has 1 aliphatic rings. The summed E-state index contributed by atoms with van der Waals surface area (Å²) >= 11 is 9.67. The average Bonchev–Trinajstić information content (AvgIpc) is 2.75. The van der Waals surface area contributed by atoms with Gasteiger partial charge in [0, 0.05) is 10.7 Å². The van der Waals surface area contributed by atoms with Crippen LogP contribution in [0.1, 0.15) is 53.6 Å². The first-order valence-electron chi connectivity index (χ1n) is 10.0. The van der Waals surface area contributed by atoms with Crippen LogP contribution in [-0.4, -0.2) is 24.6 Å². The summed E-state index contributed by atoms with van der Waals surface area (Å²) in [6, 6.07) is 8.47. The van der Waals surface area contributed by atoms with E-state index >= 15 is 0 Å². The highest BCUT2D eigenvalue weighted by Crippen LogP contribution is 2.35. The monoisotopic (exact) mass is 493 g/mol. The third-order valence-electron chi connectivity index (χ3n) is 5.16. The quantitative estimate of drug-likeness (QED) is 0.484. The van der Waals surface area contributed by atoms with Crippen molar-refractivity contribution in [3.63, 3.8) is 0 Å². The minimum atomic E-state index is -0.318. The standard InChI is InChI=1S/C23H25BrClNO4/c1-14-12-19(21(24)15(2)22(14)25)29-13-20(27)26-17-10-8-16(9-11-17)23(28)30-18-6-4-3-5-7-18/h8-12,18H,3-7,13H2,1-2H3,(H,26,27). The molecule has 1 saturated carbocycles. The Hall–Kier alpha value is -2.05. The number of benzene rings is 2. The fourth-order valence-corrected chi connectivity index (χ4v) is 4.13. The van der Waals surface area contributed by atoms with Crippen molar-refractivity contribution < 1.29 is 19.1 Å². The van der Waals surface area contributed by atoms with Gasteiger partial charge in [-0.2, -0.15) is 0 Å². The number of nitrogens with one attached hydrogen (secondary N) is 1. The average molecular weight is 495 g/mol. The zero-order valence-electron chi connectivity index (χ0n) is 17.1. The Morgan fingerprint density at radius 1 is 1.13 bits per heavy atom. The second-order valence-electron chi connectivity index (χ2n) is 7.52. The number of esters is 1. The van der Waals surface area contributed by atoms with Crippen LogP contribution in [0.3, 0.4) is 0 Å². The van der Waals surface area contributed by atoms with Crippen LogP contribution in [0.25, 0.3) is 0 Å². The number of hydrogen-bond donors (Lipinski definition) is 1. The number of carbonyl (C=O) groups excluding carboxylic acids is 2. The first-order chi connectivity index (χ1) is 14.3. The molecule has 0 saturated heterocycles. The van der Waals surface area contributed by atoms with E-state index in [1.807, 2.05) is 13.8 Å². The topological polar surface area (TPSA) is 64.6 Å². The summed E-state index contributed by atoms with van der Waals surface area (Å²) in [6.45, 7) is 3.62. The molecule has 1 fully saturated rings. The van der Waals surface area contributed by atoms with Crippen LogP contribution in [0, 0.1) is 13.8 Å². The van der Waals surface area contributed by atoms with E-state index in [0.29, 0.717) is 22.0 Å². The Morgan fingerprint density at radius 3 is 2.47 bits per heavy atom. The van der Waals surface area contributed by atoms with Crippen molar-refractivity contribution in [2.24, 2.45) is 0 Å². The molecule has 3 rings (SSSR count). The van der Waals surface area contributed by atoms with Crippen molar-refractivity contribution in [2.75, 3.05) is 11.9 Å². The fourth-order valence-electron chi connectivity index (χ4n) is 3.44. The molecule has 5 nitrogen and oxygen atoms in total. The van der Waals surface area contributed by atoms with Gasteiger partial charge < -0.3 is 14.8 Å². The number of aryl methyl sites for hydroxylation is 1. The Morgan fingerprint density at radius 2 is 1.80 bits per heavy atom. The maximum atomic E-state index is 12.3. The zero-order chi connectivity index (χ0) is 21.7. The number of amides is 1. The molecule has 0 atom stereocenters. The molecule has 0 heterocycles. The van der Waals surface area contributed by atoms with Crippen LogP contribution in [0.15, 0.2) is 34.8 Å². The predicted octanol–water partition coefficient (Wildman–Crippen LogP) is 6.23. The Labute approximate surface area is 190 Å². The van der Waals surface area contributed by atoms with Gasteiger partial charge in [-0.25, -0.2) is 4.79 Å². The minimum Gasteiger partial charge on any atom is -0.483 e. The Balaban J connectivity index is 1.53. The lowest BCUT2D eigenvalue weighted by Crippen LogP contribution is -2.21. The summed E-state index contributed by atoms with van der Waals surface area (Å²) in [5, 5.41) is 3.43. The van der Waals surface area contributed by atoms with Crippen LogP contribution in [0.4, 0.5) is 5.69 Å². The van der Waals surface area contributed by atoms with Gasteiger partial charge in [-0.1, -0.05) is 18.0 Å². The largest absolute Gasteiger partial charge is 0.483 e. The van der Waals surface area contributed by atoms with Gasteiger partial charge in [-0.15, -0.1) is 0 Å². The second kappa shape index (κ2) is 10.3. The van der Waals surface area contributed by atoms with Crippen LogP contribution in [-0.2, 0) is 9.53 Å². The molecular weight excluding hydrogens is 470 g/mol. The van der Waals surface area contributed by atoms with E-state index < -0.39 is 0 Å². The van der Waals surface area contributed by atoms with Gasteiger partial charge in [-0.05, 0) is 96.9 Å². The van der Waals surface area contributed by atoms with Gasteiger partial charge in [0.05, 0.1) is 10.0 Å². The van der Waals surface area contributed by atoms with E-state index in [4.69, 9.17) is 21.1 Å².